The van der Waals surface area contributed by atoms with Gasteiger partial charge in [0.05, 0.1) is 5.25 Å². The average Bonchev–Trinajstić information content (AvgIpc) is 3.42. The van der Waals surface area contributed by atoms with E-state index in [9.17, 15) is 21.6 Å². The largest absolute Gasteiger partial charge is 0.471 e. The standard InChI is InChI=1S/C19H21F3N4O3S/c1-12-11-26(9-8-23-30(27,28)14-4-2-3-5-14)16-7-6-13(10-15(12)16)17-24-18(29-25-17)19(20,21)22/h6-7,10-11,14,23H,2-5,8-9H2,1H3. The van der Waals surface area contributed by atoms with Gasteiger partial charge in [0.15, 0.2) is 0 Å². The maximum absolute atomic E-state index is 12.7. The summed E-state index contributed by atoms with van der Waals surface area (Å²) in [5.74, 6) is -1.53. The number of aryl methyl sites for hydroxylation is 1. The molecule has 1 saturated carbocycles. The summed E-state index contributed by atoms with van der Waals surface area (Å²) in [6.45, 7) is 2.59. The first-order valence-electron chi connectivity index (χ1n) is 9.64. The van der Waals surface area contributed by atoms with E-state index >= 15 is 0 Å². The number of nitrogens with zero attached hydrogens (tertiary/aromatic N) is 3. The second-order valence-electron chi connectivity index (χ2n) is 7.50. The predicted octanol–water partition coefficient (Wildman–Crippen LogP) is 3.88. The molecule has 0 amide bonds. The molecule has 0 bridgehead atoms. The zero-order valence-electron chi connectivity index (χ0n) is 16.2. The minimum absolute atomic E-state index is 0.138. The Morgan fingerprint density at radius 1 is 1.27 bits per heavy atom. The number of hydrogen-bond donors (Lipinski definition) is 1. The predicted molar refractivity (Wildman–Crippen MR) is 104 cm³/mol. The van der Waals surface area contributed by atoms with Crippen molar-refractivity contribution in [3.05, 3.63) is 35.9 Å². The lowest BCUT2D eigenvalue weighted by molar-refractivity contribution is -0.159. The highest BCUT2D eigenvalue weighted by Crippen LogP contribution is 2.31. The lowest BCUT2D eigenvalue weighted by Crippen LogP contribution is -2.34. The Morgan fingerprint density at radius 3 is 2.67 bits per heavy atom. The molecule has 4 rings (SSSR count). The number of benzene rings is 1. The van der Waals surface area contributed by atoms with Gasteiger partial charge < -0.3 is 9.09 Å². The highest BCUT2D eigenvalue weighted by atomic mass is 32.2. The summed E-state index contributed by atoms with van der Waals surface area (Å²) in [7, 11) is -3.31. The highest BCUT2D eigenvalue weighted by molar-refractivity contribution is 7.90. The molecule has 1 aliphatic carbocycles. The van der Waals surface area contributed by atoms with Gasteiger partial charge in [-0.25, -0.2) is 13.1 Å². The van der Waals surface area contributed by atoms with Crippen molar-refractivity contribution in [2.75, 3.05) is 6.54 Å². The number of aromatic nitrogens is 3. The quantitative estimate of drug-likeness (QED) is 0.626. The zero-order valence-corrected chi connectivity index (χ0v) is 17.1. The molecule has 11 heteroatoms. The van der Waals surface area contributed by atoms with Crippen molar-refractivity contribution in [3.63, 3.8) is 0 Å². The van der Waals surface area contributed by atoms with Crippen LogP contribution in [0.5, 0.6) is 0 Å². The van der Waals surface area contributed by atoms with Gasteiger partial charge >= 0.3 is 12.1 Å². The molecule has 0 unspecified atom stereocenters. The van der Waals surface area contributed by atoms with E-state index in [0.29, 0.717) is 24.9 Å². The number of rotatable bonds is 6. The van der Waals surface area contributed by atoms with Crippen molar-refractivity contribution in [3.8, 4) is 11.4 Å². The van der Waals surface area contributed by atoms with Crippen molar-refractivity contribution in [1.82, 2.24) is 19.4 Å². The molecule has 30 heavy (non-hydrogen) atoms. The number of alkyl halides is 3. The van der Waals surface area contributed by atoms with E-state index in [0.717, 1.165) is 29.3 Å². The molecule has 0 radical (unpaired) electrons. The average molecular weight is 442 g/mol. The van der Waals surface area contributed by atoms with Crippen LogP contribution in [0.3, 0.4) is 0 Å². The van der Waals surface area contributed by atoms with Gasteiger partial charge in [0.2, 0.25) is 15.8 Å². The van der Waals surface area contributed by atoms with Crippen LogP contribution in [0.15, 0.2) is 28.9 Å². The number of fused-ring (bicyclic) bond motifs is 1. The fraction of sp³-hybridized carbons (Fsp3) is 0.474. The van der Waals surface area contributed by atoms with E-state index in [1.165, 1.54) is 0 Å². The van der Waals surface area contributed by atoms with Crippen LogP contribution in [0.25, 0.3) is 22.3 Å². The SMILES string of the molecule is Cc1cn(CCNS(=O)(=O)C2CCCC2)c2ccc(-c3noc(C(F)(F)F)n3)cc12. The monoisotopic (exact) mass is 442 g/mol. The Hall–Kier alpha value is -2.40. The summed E-state index contributed by atoms with van der Waals surface area (Å²) < 4.78 is 71.7. The van der Waals surface area contributed by atoms with E-state index < -0.39 is 22.1 Å². The third-order valence-corrected chi connectivity index (χ3v) is 7.36. The Balaban J connectivity index is 1.51. The van der Waals surface area contributed by atoms with E-state index in [2.05, 4.69) is 19.4 Å². The number of hydrogen-bond acceptors (Lipinski definition) is 5. The minimum atomic E-state index is -4.69. The molecular formula is C19H21F3N4O3S. The maximum atomic E-state index is 12.7. The van der Waals surface area contributed by atoms with E-state index in [1.54, 1.807) is 18.2 Å². The van der Waals surface area contributed by atoms with E-state index in [-0.39, 0.29) is 17.6 Å². The molecule has 1 aliphatic rings. The fourth-order valence-electron chi connectivity index (χ4n) is 3.88. The van der Waals surface area contributed by atoms with Gasteiger partial charge in [-0.2, -0.15) is 18.2 Å². The first-order valence-corrected chi connectivity index (χ1v) is 11.2. The first kappa shape index (κ1) is 20.9. The lowest BCUT2D eigenvalue weighted by Gasteiger charge is -2.13. The summed E-state index contributed by atoms with van der Waals surface area (Å²) in [5, 5.41) is 3.94. The molecule has 0 saturated heterocycles. The van der Waals surface area contributed by atoms with Crippen molar-refractivity contribution in [2.45, 2.75) is 50.6 Å². The molecule has 2 aromatic heterocycles. The lowest BCUT2D eigenvalue weighted by atomic mass is 10.1. The smallest absolute Gasteiger partial charge is 0.346 e. The van der Waals surface area contributed by atoms with Gasteiger partial charge in [-0.1, -0.05) is 18.0 Å². The molecule has 1 aromatic carbocycles. The maximum Gasteiger partial charge on any atom is 0.471 e. The Bertz CT molecular complexity index is 1160. The number of nitrogens with one attached hydrogen (secondary N) is 1. The molecule has 0 aliphatic heterocycles. The van der Waals surface area contributed by atoms with Crippen molar-refractivity contribution >= 4 is 20.9 Å². The van der Waals surface area contributed by atoms with Crippen molar-refractivity contribution in [2.24, 2.45) is 0 Å². The summed E-state index contributed by atoms with van der Waals surface area (Å²) in [5.41, 5.74) is 2.16. The van der Waals surface area contributed by atoms with Crippen LogP contribution in [0, 0.1) is 6.92 Å². The van der Waals surface area contributed by atoms with Crippen LogP contribution in [-0.4, -0.2) is 34.9 Å². The van der Waals surface area contributed by atoms with E-state index in [4.69, 9.17) is 0 Å². The second kappa shape index (κ2) is 7.69. The highest BCUT2D eigenvalue weighted by Gasteiger charge is 2.38. The summed E-state index contributed by atoms with van der Waals surface area (Å²) in [6.07, 6.45) is 0.488. The number of halogens is 3. The molecule has 7 nitrogen and oxygen atoms in total. The van der Waals surface area contributed by atoms with Crippen LogP contribution >= 0.6 is 0 Å². The Morgan fingerprint density at radius 2 is 2.00 bits per heavy atom. The van der Waals surface area contributed by atoms with E-state index in [1.807, 2.05) is 17.7 Å². The molecule has 162 valence electrons. The zero-order chi connectivity index (χ0) is 21.5. The van der Waals surface area contributed by atoms with Crippen LogP contribution < -0.4 is 4.72 Å². The van der Waals surface area contributed by atoms with Gasteiger partial charge in [0, 0.05) is 35.8 Å². The molecule has 0 spiro atoms. The van der Waals surface area contributed by atoms with Crippen molar-refractivity contribution < 1.29 is 26.1 Å². The Labute approximate surface area is 171 Å². The van der Waals surface area contributed by atoms with Gasteiger partial charge in [-0.05, 0) is 43.5 Å². The van der Waals surface area contributed by atoms with Crippen LogP contribution in [-0.2, 0) is 22.7 Å². The molecule has 2 heterocycles. The summed E-state index contributed by atoms with van der Waals surface area (Å²) in [4.78, 5) is 3.42. The Kier molecular flexibility index (Phi) is 5.35. The van der Waals surface area contributed by atoms with Gasteiger partial charge in [0.25, 0.3) is 0 Å². The molecule has 3 aromatic rings. The van der Waals surface area contributed by atoms with Crippen LogP contribution in [0.4, 0.5) is 13.2 Å². The molecule has 0 atom stereocenters. The number of sulfonamides is 1. The fourth-order valence-corrected chi connectivity index (χ4v) is 5.45. The van der Waals surface area contributed by atoms with Crippen LogP contribution in [0.1, 0.15) is 37.1 Å². The minimum Gasteiger partial charge on any atom is -0.346 e. The third-order valence-electron chi connectivity index (χ3n) is 5.40. The van der Waals surface area contributed by atoms with Gasteiger partial charge in [0.1, 0.15) is 0 Å². The van der Waals surface area contributed by atoms with Gasteiger partial charge in [-0.3, -0.25) is 0 Å². The van der Waals surface area contributed by atoms with Crippen molar-refractivity contribution in [1.29, 1.82) is 0 Å². The van der Waals surface area contributed by atoms with Crippen LogP contribution in [0.2, 0.25) is 0 Å². The summed E-state index contributed by atoms with van der Waals surface area (Å²) >= 11 is 0. The first-order chi connectivity index (χ1) is 14.1. The molecule has 1 fully saturated rings. The topological polar surface area (TPSA) is 90.0 Å². The normalized spacial score (nSPS) is 16.0. The van der Waals surface area contributed by atoms with Gasteiger partial charge in [-0.15, -0.1) is 0 Å². The second-order valence-corrected chi connectivity index (χ2v) is 9.55. The molecule has 1 N–H and O–H groups in total. The third kappa shape index (κ3) is 4.08. The molecular weight excluding hydrogens is 421 g/mol. The summed E-state index contributed by atoms with van der Waals surface area (Å²) in [6, 6.07) is 5.08.